The number of anilines is 1. The van der Waals surface area contributed by atoms with Crippen LogP contribution in [0, 0.1) is 5.82 Å². The maximum Gasteiger partial charge on any atom is 0.271 e. The van der Waals surface area contributed by atoms with Crippen LogP contribution in [0.1, 0.15) is 24.1 Å². The summed E-state index contributed by atoms with van der Waals surface area (Å²) in [6.45, 7) is 1.74. The maximum atomic E-state index is 13.7. The van der Waals surface area contributed by atoms with Gasteiger partial charge in [0, 0.05) is 10.7 Å². The lowest BCUT2D eigenvalue weighted by atomic mass is 9.95. The van der Waals surface area contributed by atoms with Gasteiger partial charge in [-0.1, -0.05) is 65.4 Å². The van der Waals surface area contributed by atoms with Gasteiger partial charge in [0.05, 0.1) is 21.8 Å². The van der Waals surface area contributed by atoms with Gasteiger partial charge in [-0.15, -0.1) is 0 Å². The molecule has 8 heteroatoms. The van der Waals surface area contributed by atoms with Crippen molar-refractivity contribution in [2.75, 3.05) is 5.32 Å². The van der Waals surface area contributed by atoms with E-state index < -0.39 is 11.9 Å². The molecule has 35 heavy (non-hydrogen) atoms. The van der Waals surface area contributed by atoms with E-state index in [4.69, 9.17) is 11.6 Å². The Morgan fingerprint density at radius 3 is 2.43 bits per heavy atom. The van der Waals surface area contributed by atoms with Crippen molar-refractivity contribution in [2.24, 2.45) is 4.99 Å². The number of amides is 1. The summed E-state index contributed by atoms with van der Waals surface area (Å²) < 4.78 is 15.7. The second-order valence-corrected chi connectivity index (χ2v) is 9.45. The minimum absolute atomic E-state index is 0.282. The van der Waals surface area contributed by atoms with Gasteiger partial charge in [-0.3, -0.25) is 14.2 Å². The first-order valence-electron chi connectivity index (χ1n) is 10.8. The maximum absolute atomic E-state index is 13.7. The Morgan fingerprint density at radius 1 is 1.06 bits per heavy atom. The Labute approximate surface area is 209 Å². The quantitative estimate of drug-likeness (QED) is 0.440. The standard InChI is InChI=1S/C27H19ClFN3O2S/c1-16-23(25(33)31-21-5-3-2-4-6-21)24(18-9-13-20(29)14-10-18)32-26(34)22(35-27(32)30-16)15-17-7-11-19(28)12-8-17/h2-15,24H,1H3,(H,31,33). The summed E-state index contributed by atoms with van der Waals surface area (Å²) >= 11 is 7.22. The number of carbonyl (C=O) groups is 1. The van der Waals surface area contributed by atoms with Crippen LogP contribution < -0.4 is 20.2 Å². The molecule has 3 aromatic carbocycles. The van der Waals surface area contributed by atoms with Gasteiger partial charge in [0.2, 0.25) is 0 Å². The molecular formula is C27H19ClFN3O2S. The highest BCUT2D eigenvalue weighted by molar-refractivity contribution is 7.07. The minimum Gasteiger partial charge on any atom is -0.322 e. The van der Waals surface area contributed by atoms with Crippen molar-refractivity contribution in [3.8, 4) is 0 Å². The number of aromatic nitrogens is 1. The highest BCUT2D eigenvalue weighted by atomic mass is 35.5. The van der Waals surface area contributed by atoms with Crippen LogP contribution in [0.4, 0.5) is 10.1 Å². The van der Waals surface area contributed by atoms with E-state index in [-0.39, 0.29) is 11.5 Å². The largest absolute Gasteiger partial charge is 0.322 e. The molecule has 0 saturated heterocycles. The van der Waals surface area contributed by atoms with E-state index in [1.54, 1.807) is 49.4 Å². The molecule has 0 fully saturated rings. The van der Waals surface area contributed by atoms with E-state index in [1.165, 1.54) is 28.0 Å². The van der Waals surface area contributed by atoms with Crippen molar-refractivity contribution in [2.45, 2.75) is 13.0 Å². The fourth-order valence-electron chi connectivity index (χ4n) is 4.00. The number of fused-ring (bicyclic) bond motifs is 1. The first kappa shape index (κ1) is 23.0. The van der Waals surface area contributed by atoms with E-state index in [1.807, 2.05) is 30.3 Å². The molecule has 5 nitrogen and oxygen atoms in total. The third-order valence-corrected chi connectivity index (χ3v) is 6.89. The number of hydrogen-bond donors (Lipinski definition) is 1. The van der Waals surface area contributed by atoms with Crippen molar-refractivity contribution in [1.29, 1.82) is 0 Å². The SMILES string of the molecule is CC1=C(C(=O)Nc2ccccc2)C(c2ccc(F)cc2)n2c(sc(=Cc3ccc(Cl)cc3)c2=O)=N1. The summed E-state index contributed by atoms with van der Waals surface area (Å²) in [5.41, 5.74) is 2.58. The molecule has 0 bridgehead atoms. The van der Waals surface area contributed by atoms with E-state index in [2.05, 4.69) is 10.3 Å². The van der Waals surface area contributed by atoms with Crippen LogP contribution in [0.2, 0.25) is 5.02 Å². The van der Waals surface area contributed by atoms with Gasteiger partial charge < -0.3 is 5.32 Å². The molecule has 0 spiro atoms. The summed E-state index contributed by atoms with van der Waals surface area (Å²) in [5, 5.41) is 3.49. The van der Waals surface area contributed by atoms with E-state index in [0.29, 0.717) is 36.9 Å². The van der Waals surface area contributed by atoms with Crippen LogP contribution in [0.5, 0.6) is 0 Å². The monoisotopic (exact) mass is 503 g/mol. The average molecular weight is 504 g/mol. The van der Waals surface area contributed by atoms with Crippen molar-refractivity contribution < 1.29 is 9.18 Å². The average Bonchev–Trinajstić information content (AvgIpc) is 3.15. The molecule has 0 aliphatic carbocycles. The minimum atomic E-state index is -0.761. The Balaban J connectivity index is 1.67. The van der Waals surface area contributed by atoms with Gasteiger partial charge >= 0.3 is 0 Å². The van der Waals surface area contributed by atoms with Gasteiger partial charge in [0.1, 0.15) is 5.82 Å². The number of rotatable bonds is 4. The molecular weight excluding hydrogens is 485 g/mol. The smallest absolute Gasteiger partial charge is 0.271 e. The first-order chi connectivity index (χ1) is 16.9. The third kappa shape index (κ3) is 4.60. The van der Waals surface area contributed by atoms with Gasteiger partial charge in [-0.2, -0.15) is 0 Å². The number of allylic oxidation sites excluding steroid dienone is 1. The predicted molar refractivity (Wildman–Crippen MR) is 137 cm³/mol. The number of benzene rings is 3. The van der Waals surface area contributed by atoms with Crippen molar-refractivity contribution >= 4 is 40.6 Å². The molecule has 0 radical (unpaired) electrons. The number of carbonyl (C=O) groups excluding carboxylic acids is 1. The topological polar surface area (TPSA) is 63.5 Å². The molecule has 1 atom stereocenters. The molecule has 5 rings (SSSR count). The van der Waals surface area contributed by atoms with Crippen molar-refractivity contribution in [3.63, 3.8) is 0 Å². The second-order valence-electron chi connectivity index (χ2n) is 8.01. The van der Waals surface area contributed by atoms with Crippen LogP contribution >= 0.6 is 22.9 Å². The third-order valence-electron chi connectivity index (χ3n) is 5.65. The Hall–Kier alpha value is -3.81. The summed E-state index contributed by atoms with van der Waals surface area (Å²) in [7, 11) is 0. The zero-order valence-electron chi connectivity index (χ0n) is 18.5. The number of nitrogens with zero attached hydrogens (tertiary/aromatic N) is 2. The normalized spacial score (nSPS) is 15.5. The second kappa shape index (κ2) is 9.44. The molecule has 174 valence electrons. The number of hydrogen-bond acceptors (Lipinski definition) is 4. The Bertz CT molecular complexity index is 1620. The number of nitrogens with one attached hydrogen (secondary N) is 1. The fourth-order valence-corrected chi connectivity index (χ4v) is 5.18. The molecule has 0 saturated carbocycles. The zero-order chi connectivity index (χ0) is 24.5. The molecule has 1 aliphatic heterocycles. The highest BCUT2D eigenvalue weighted by Gasteiger charge is 2.32. The van der Waals surface area contributed by atoms with Gasteiger partial charge in [-0.05, 0) is 60.5 Å². The Morgan fingerprint density at radius 2 is 1.74 bits per heavy atom. The molecule has 1 amide bonds. The van der Waals surface area contributed by atoms with E-state index in [9.17, 15) is 14.0 Å². The van der Waals surface area contributed by atoms with E-state index >= 15 is 0 Å². The van der Waals surface area contributed by atoms with Gasteiger partial charge in [-0.25, -0.2) is 9.38 Å². The summed E-state index contributed by atoms with van der Waals surface area (Å²) in [6, 6.07) is 21.3. The summed E-state index contributed by atoms with van der Waals surface area (Å²) in [5.74, 6) is -0.779. The van der Waals surface area contributed by atoms with Crippen molar-refractivity contribution in [3.05, 3.63) is 132 Å². The van der Waals surface area contributed by atoms with Crippen molar-refractivity contribution in [1.82, 2.24) is 4.57 Å². The van der Waals surface area contributed by atoms with Crippen LogP contribution in [0.15, 0.2) is 99.9 Å². The zero-order valence-corrected chi connectivity index (χ0v) is 20.1. The Kier molecular flexibility index (Phi) is 6.19. The number of thiazole rings is 1. The molecule has 1 aromatic heterocycles. The highest BCUT2D eigenvalue weighted by Crippen LogP contribution is 2.31. The summed E-state index contributed by atoms with van der Waals surface area (Å²) in [4.78, 5) is 32.1. The van der Waals surface area contributed by atoms with Crippen LogP contribution in [-0.4, -0.2) is 10.5 Å². The predicted octanol–water partition coefficient (Wildman–Crippen LogP) is 4.67. The number of para-hydroxylation sites is 1. The molecule has 1 unspecified atom stereocenters. The summed E-state index contributed by atoms with van der Waals surface area (Å²) in [6.07, 6.45) is 1.77. The van der Waals surface area contributed by atoms with Crippen LogP contribution in [0.3, 0.4) is 0 Å². The van der Waals surface area contributed by atoms with Crippen LogP contribution in [0.25, 0.3) is 6.08 Å². The molecule has 4 aromatic rings. The lowest BCUT2D eigenvalue weighted by Crippen LogP contribution is -2.40. The first-order valence-corrected chi connectivity index (χ1v) is 12.0. The molecule has 1 aliphatic rings. The number of halogens is 2. The van der Waals surface area contributed by atoms with Gasteiger partial charge in [0.25, 0.3) is 11.5 Å². The van der Waals surface area contributed by atoms with E-state index in [0.717, 1.165) is 5.56 Å². The lowest BCUT2D eigenvalue weighted by molar-refractivity contribution is -0.113. The lowest BCUT2D eigenvalue weighted by Gasteiger charge is -2.25. The van der Waals surface area contributed by atoms with Gasteiger partial charge in [0.15, 0.2) is 4.80 Å². The van der Waals surface area contributed by atoms with Crippen LogP contribution in [-0.2, 0) is 4.79 Å². The fraction of sp³-hybridized carbons (Fsp3) is 0.0741. The molecule has 2 heterocycles. The molecule has 1 N–H and O–H groups in total.